The fourth-order valence-electron chi connectivity index (χ4n) is 2.00. The summed E-state index contributed by atoms with van der Waals surface area (Å²) in [5.74, 6) is -0.906. The van der Waals surface area contributed by atoms with Gasteiger partial charge in [0.2, 0.25) is 0 Å². The predicted octanol–water partition coefficient (Wildman–Crippen LogP) is 0.0238. The maximum atomic E-state index is 13.8. The third-order valence-corrected chi connectivity index (χ3v) is 3.34. The Labute approximate surface area is 111 Å². The number of aliphatic hydroxyl groups excluding tert-OH is 1. The normalized spacial score (nSPS) is 34.7. The van der Waals surface area contributed by atoms with Gasteiger partial charge in [-0.05, 0) is 6.92 Å². The first-order valence-electron chi connectivity index (χ1n) is 5.42. The van der Waals surface area contributed by atoms with Gasteiger partial charge < -0.3 is 14.9 Å². The van der Waals surface area contributed by atoms with Gasteiger partial charge in [-0.3, -0.25) is 9.55 Å². The minimum atomic E-state index is -2.08. The van der Waals surface area contributed by atoms with Crippen LogP contribution in [0.3, 0.4) is 0 Å². The monoisotopic (exact) mass is 294 g/mol. The Bertz CT molecular complexity index is 600. The molecular weight excluding hydrogens is 282 g/mol. The third-order valence-electron chi connectivity index (χ3n) is 3.05. The quantitative estimate of drug-likeness (QED) is 0.670. The summed E-state index contributed by atoms with van der Waals surface area (Å²) in [7, 11) is 0. The Morgan fingerprint density at radius 2 is 2.32 bits per heavy atom. The van der Waals surface area contributed by atoms with Crippen molar-refractivity contribution in [1.82, 2.24) is 9.55 Å². The summed E-state index contributed by atoms with van der Waals surface area (Å²) in [4.78, 5) is 13.7. The van der Waals surface area contributed by atoms with E-state index in [2.05, 4.69) is 12.2 Å². The Balaban J connectivity index is 2.51. The molecule has 0 radical (unpaired) electrons. The van der Waals surface area contributed by atoms with Crippen LogP contribution in [0, 0.1) is 10.5 Å². The van der Waals surface area contributed by atoms with Gasteiger partial charge in [0.05, 0.1) is 12.8 Å². The fraction of sp³-hybridized carbons (Fsp3) is 0.600. The molecule has 0 saturated carbocycles. The first-order chi connectivity index (χ1) is 8.78. The van der Waals surface area contributed by atoms with Crippen molar-refractivity contribution in [2.75, 3.05) is 6.61 Å². The number of alkyl halides is 1. The molecule has 2 heterocycles. The lowest BCUT2D eigenvalue weighted by atomic mass is 9.98. The van der Waals surface area contributed by atoms with E-state index in [-0.39, 0.29) is 0 Å². The van der Waals surface area contributed by atoms with Crippen LogP contribution < -0.4 is 5.69 Å². The minimum Gasteiger partial charge on any atom is -0.394 e. The molecular formula is C10H12F2N2O4S. The van der Waals surface area contributed by atoms with Gasteiger partial charge in [0.1, 0.15) is 16.3 Å². The molecule has 1 unspecified atom stereocenters. The number of nitrogens with one attached hydrogen (secondary N) is 1. The molecule has 2 rings (SSSR count). The summed E-state index contributed by atoms with van der Waals surface area (Å²) in [6.45, 7) is 0.428. The van der Waals surface area contributed by atoms with E-state index in [1.807, 2.05) is 4.98 Å². The van der Waals surface area contributed by atoms with Gasteiger partial charge in [-0.2, -0.15) is 0 Å². The van der Waals surface area contributed by atoms with Crippen molar-refractivity contribution in [2.45, 2.75) is 31.0 Å². The molecule has 106 valence electrons. The number of hydrogen-bond donors (Lipinski definition) is 3. The van der Waals surface area contributed by atoms with Crippen molar-refractivity contribution >= 4 is 12.2 Å². The van der Waals surface area contributed by atoms with Crippen molar-refractivity contribution in [3.8, 4) is 0 Å². The van der Waals surface area contributed by atoms with Crippen LogP contribution in [0.2, 0.25) is 0 Å². The molecule has 1 saturated heterocycles. The average molecular weight is 294 g/mol. The second-order valence-corrected chi connectivity index (χ2v) is 4.89. The average Bonchev–Trinajstić information content (AvgIpc) is 2.56. The molecule has 1 aliphatic heterocycles. The van der Waals surface area contributed by atoms with Crippen LogP contribution in [0.25, 0.3) is 0 Å². The standard InChI is InChI=1S/C10H12F2N2O4S/c1-10(17)6(12)5(3-15)18-8(10)14-2-4(11)7(19)13-9(14)16/h2,5-6,8,15,17H,3H2,1H3,(H,13,16,19)/t5-,6+,8-,10?/m1/s1. The Kier molecular flexibility index (Phi) is 3.56. The first kappa shape index (κ1) is 14.3. The maximum absolute atomic E-state index is 13.8. The molecule has 4 atom stereocenters. The van der Waals surface area contributed by atoms with E-state index < -0.39 is 46.9 Å². The molecule has 6 nitrogen and oxygen atoms in total. The lowest BCUT2D eigenvalue weighted by Crippen LogP contribution is -2.44. The molecule has 0 amide bonds. The van der Waals surface area contributed by atoms with E-state index in [0.717, 1.165) is 13.1 Å². The van der Waals surface area contributed by atoms with Crippen LogP contribution in [0.5, 0.6) is 0 Å². The second-order valence-electron chi connectivity index (χ2n) is 4.48. The van der Waals surface area contributed by atoms with Crippen molar-refractivity contribution in [2.24, 2.45) is 0 Å². The van der Waals surface area contributed by atoms with E-state index in [1.54, 1.807) is 0 Å². The molecule has 0 bridgehead atoms. The molecule has 1 fully saturated rings. The molecule has 9 heteroatoms. The van der Waals surface area contributed by atoms with E-state index in [1.165, 1.54) is 0 Å². The van der Waals surface area contributed by atoms with Crippen LogP contribution in [0.1, 0.15) is 13.2 Å². The van der Waals surface area contributed by atoms with E-state index >= 15 is 0 Å². The third kappa shape index (κ3) is 2.22. The number of aromatic amines is 1. The number of H-pyrrole nitrogens is 1. The number of halogens is 2. The van der Waals surface area contributed by atoms with Gasteiger partial charge in [0, 0.05) is 0 Å². The van der Waals surface area contributed by atoms with Gasteiger partial charge in [-0.15, -0.1) is 0 Å². The van der Waals surface area contributed by atoms with Gasteiger partial charge >= 0.3 is 5.69 Å². The van der Waals surface area contributed by atoms with Crippen molar-refractivity contribution < 1.29 is 23.7 Å². The Morgan fingerprint density at radius 3 is 2.84 bits per heavy atom. The predicted molar refractivity (Wildman–Crippen MR) is 62.4 cm³/mol. The largest absolute Gasteiger partial charge is 0.394 e. The topological polar surface area (TPSA) is 87.5 Å². The number of nitrogens with zero attached hydrogens (tertiary/aromatic N) is 1. The molecule has 0 aliphatic carbocycles. The van der Waals surface area contributed by atoms with Crippen LogP contribution in [0.15, 0.2) is 11.0 Å². The van der Waals surface area contributed by atoms with Gasteiger partial charge in [-0.25, -0.2) is 13.6 Å². The second kappa shape index (κ2) is 4.75. The summed E-state index contributed by atoms with van der Waals surface area (Å²) in [5, 5.41) is 19.0. The first-order valence-corrected chi connectivity index (χ1v) is 5.83. The van der Waals surface area contributed by atoms with Crippen LogP contribution >= 0.6 is 12.2 Å². The lowest BCUT2D eigenvalue weighted by Gasteiger charge is -2.26. The van der Waals surface area contributed by atoms with Gasteiger partial charge in [0.25, 0.3) is 0 Å². The van der Waals surface area contributed by atoms with Crippen molar-refractivity contribution in [1.29, 1.82) is 0 Å². The summed E-state index contributed by atoms with van der Waals surface area (Å²) < 4.78 is 32.6. The minimum absolute atomic E-state index is 0.394. The highest BCUT2D eigenvalue weighted by molar-refractivity contribution is 7.71. The maximum Gasteiger partial charge on any atom is 0.328 e. The highest BCUT2D eigenvalue weighted by atomic mass is 32.1. The van der Waals surface area contributed by atoms with E-state index in [0.29, 0.717) is 4.57 Å². The van der Waals surface area contributed by atoms with Crippen LogP contribution in [-0.2, 0) is 4.74 Å². The van der Waals surface area contributed by atoms with Gasteiger partial charge in [0.15, 0.2) is 18.2 Å². The van der Waals surface area contributed by atoms with Gasteiger partial charge in [-0.1, -0.05) is 12.2 Å². The summed E-state index contributed by atoms with van der Waals surface area (Å²) in [5.41, 5.74) is -2.93. The highest BCUT2D eigenvalue weighted by Gasteiger charge is 2.54. The van der Waals surface area contributed by atoms with Crippen LogP contribution in [-0.4, -0.2) is 44.2 Å². The zero-order chi connectivity index (χ0) is 14.4. The number of hydrogen-bond acceptors (Lipinski definition) is 5. The smallest absolute Gasteiger partial charge is 0.328 e. The van der Waals surface area contributed by atoms with E-state index in [9.17, 15) is 18.7 Å². The molecule has 19 heavy (non-hydrogen) atoms. The highest BCUT2D eigenvalue weighted by Crippen LogP contribution is 2.39. The summed E-state index contributed by atoms with van der Waals surface area (Å²) in [6.07, 6.45) is -3.94. The summed E-state index contributed by atoms with van der Waals surface area (Å²) >= 11 is 4.54. The molecule has 1 aromatic heterocycles. The number of rotatable bonds is 2. The SMILES string of the molecule is CC1(O)[C@@H](F)[C@@H](CO)O[C@H]1n1cc(F)c(=S)[nH]c1=O. The molecule has 0 spiro atoms. The zero-order valence-electron chi connectivity index (χ0n) is 9.84. The van der Waals surface area contributed by atoms with Crippen molar-refractivity contribution in [3.05, 3.63) is 27.1 Å². The number of aromatic nitrogens is 2. The molecule has 0 aromatic carbocycles. The lowest BCUT2D eigenvalue weighted by molar-refractivity contribution is -0.0936. The van der Waals surface area contributed by atoms with Crippen molar-refractivity contribution in [3.63, 3.8) is 0 Å². The van der Waals surface area contributed by atoms with E-state index in [4.69, 9.17) is 9.84 Å². The number of ether oxygens (including phenoxy) is 1. The molecule has 3 N–H and O–H groups in total. The fourth-order valence-corrected chi connectivity index (χ4v) is 2.14. The number of aliphatic hydroxyl groups is 2. The Morgan fingerprint density at radius 1 is 1.68 bits per heavy atom. The molecule has 1 aliphatic rings. The summed E-state index contributed by atoms with van der Waals surface area (Å²) in [6, 6.07) is 0. The van der Waals surface area contributed by atoms with Crippen LogP contribution in [0.4, 0.5) is 8.78 Å². The Hall–Kier alpha value is -1.16. The zero-order valence-corrected chi connectivity index (χ0v) is 10.7. The molecule has 1 aromatic rings.